The molecule has 0 aliphatic rings. The number of aryl methyl sites for hydroxylation is 1. The molecule has 1 N–H and O–H groups in total. The molecule has 0 aliphatic heterocycles. The van der Waals surface area contributed by atoms with Crippen LogP contribution in [0, 0.1) is 13.8 Å². The minimum absolute atomic E-state index is 0.830. The molecule has 17 heavy (non-hydrogen) atoms. The molecule has 0 fully saturated rings. The summed E-state index contributed by atoms with van der Waals surface area (Å²) in [5, 5.41) is 3.33. The van der Waals surface area contributed by atoms with Crippen molar-refractivity contribution in [2.24, 2.45) is 0 Å². The molecule has 90 valence electrons. The van der Waals surface area contributed by atoms with Crippen molar-refractivity contribution in [3.05, 3.63) is 41.7 Å². The van der Waals surface area contributed by atoms with Crippen LogP contribution < -0.4 is 5.32 Å². The van der Waals surface area contributed by atoms with Gasteiger partial charge >= 0.3 is 0 Å². The SMILES string of the molecule is CCNCc1cnccc1-n1cnc(C)c1C. The van der Waals surface area contributed by atoms with E-state index >= 15 is 0 Å². The van der Waals surface area contributed by atoms with E-state index in [2.05, 4.69) is 33.7 Å². The molecule has 0 radical (unpaired) electrons. The Morgan fingerprint density at radius 2 is 2.18 bits per heavy atom. The van der Waals surface area contributed by atoms with Crippen LogP contribution in [0.15, 0.2) is 24.8 Å². The highest BCUT2D eigenvalue weighted by Gasteiger charge is 2.08. The van der Waals surface area contributed by atoms with Crippen LogP contribution in [0.4, 0.5) is 0 Å². The van der Waals surface area contributed by atoms with E-state index < -0.39 is 0 Å². The lowest BCUT2D eigenvalue weighted by Gasteiger charge is -2.11. The van der Waals surface area contributed by atoms with Gasteiger partial charge in [0.15, 0.2) is 0 Å². The zero-order valence-corrected chi connectivity index (χ0v) is 10.6. The Balaban J connectivity index is 2.41. The maximum absolute atomic E-state index is 4.34. The third-order valence-corrected chi connectivity index (χ3v) is 2.95. The lowest BCUT2D eigenvalue weighted by Crippen LogP contribution is -2.14. The van der Waals surface area contributed by atoms with Crippen LogP contribution in [0.5, 0.6) is 0 Å². The van der Waals surface area contributed by atoms with Crippen LogP contribution in [0.1, 0.15) is 23.9 Å². The molecule has 0 aliphatic carbocycles. The van der Waals surface area contributed by atoms with Gasteiger partial charge in [0, 0.05) is 30.2 Å². The molecule has 0 amide bonds. The van der Waals surface area contributed by atoms with Crippen molar-refractivity contribution in [1.29, 1.82) is 0 Å². The Kier molecular flexibility index (Phi) is 3.54. The maximum atomic E-state index is 4.34. The molecule has 2 heterocycles. The molecule has 0 bridgehead atoms. The van der Waals surface area contributed by atoms with Crippen molar-refractivity contribution < 1.29 is 0 Å². The van der Waals surface area contributed by atoms with Crippen LogP contribution in [-0.4, -0.2) is 21.1 Å². The summed E-state index contributed by atoms with van der Waals surface area (Å²) >= 11 is 0. The molecule has 2 aromatic heterocycles. The van der Waals surface area contributed by atoms with E-state index in [0.29, 0.717) is 0 Å². The largest absolute Gasteiger partial charge is 0.313 e. The fourth-order valence-electron chi connectivity index (χ4n) is 1.79. The minimum Gasteiger partial charge on any atom is -0.313 e. The number of nitrogens with one attached hydrogen (secondary N) is 1. The topological polar surface area (TPSA) is 42.7 Å². The van der Waals surface area contributed by atoms with Crippen molar-refractivity contribution in [2.45, 2.75) is 27.3 Å². The Morgan fingerprint density at radius 3 is 2.82 bits per heavy atom. The maximum Gasteiger partial charge on any atom is 0.0997 e. The Bertz CT molecular complexity index is 502. The van der Waals surface area contributed by atoms with Gasteiger partial charge in [-0.15, -0.1) is 0 Å². The Morgan fingerprint density at radius 1 is 1.35 bits per heavy atom. The average molecular weight is 230 g/mol. The predicted octanol–water partition coefficient (Wildman–Crippen LogP) is 1.99. The monoisotopic (exact) mass is 230 g/mol. The number of hydrogen-bond donors (Lipinski definition) is 1. The van der Waals surface area contributed by atoms with Crippen molar-refractivity contribution in [2.75, 3.05) is 6.54 Å². The van der Waals surface area contributed by atoms with Crippen LogP contribution in [0.2, 0.25) is 0 Å². The molecular formula is C13H18N4. The molecule has 0 aromatic carbocycles. The van der Waals surface area contributed by atoms with Gasteiger partial charge < -0.3 is 9.88 Å². The summed E-state index contributed by atoms with van der Waals surface area (Å²) in [6.07, 6.45) is 5.60. The summed E-state index contributed by atoms with van der Waals surface area (Å²) in [7, 11) is 0. The number of imidazole rings is 1. The number of hydrogen-bond acceptors (Lipinski definition) is 3. The summed E-state index contributed by atoms with van der Waals surface area (Å²) in [4.78, 5) is 8.52. The van der Waals surface area contributed by atoms with E-state index in [4.69, 9.17) is 0 Å². The highest BCUT2D eigenvalue weighted by atomic mass is 15.1. The van der Waals surface area contributed by atoms with Crippen molar-refractivity contribution >= 4 is 0 Å². The van der Waals surface area contributed by atoms with Crippen LogP contribution >= 0.6 is 0 Å². The highest BCUT2D eigenvalue weighted by molar-refractivity contribution is 5.41. The molecule has 0 atom stereocenters. The first-order valence-electron chi connectivity index (χ1n) is 5.88. The normalized spacial score (nSPS) is 10.8. The zero-order valence-electron chi connectivity index (χ0n) is 10.6. The highest BCUT2D eigenvalue weighted by Crippen LogP contribution is 2.17. The molecule has 2 rings (SSSR count). The summed E-state index contributed by atoms with van der Waals surface area (Å²) < 4.78 is 2.11. The fraction of sp³-hybridized carbons (Fsp3) is 0.385. The van der Waals surface area contributed by atoms with E-state index in [1.54, 1.807) is 0 Å². The first kappa shape index (κ1) is 11.8. The standard InChI is InChI=1S/C13H18N4/c1-4-14-7-12-8-15-6-5-13(12)17-9-16-10(2)11(17)3/h5-6,8-9,14H,4,7H2,1-3H3. The van der Waals surface area contributed by atoms with Gasteiger partial charge in [-0.1, -0.05) is 6.92 Å². The Hall–Kier alpha value is -1.68. The lowest BCUT2D eigenvalue weighted by molar-refractivity contribution is 0.719. The van der Waals surface area contributed by atoms with Crippen molar-refractivity contribution in [1.82, 2.24) is 19.9 Å². The number of rotatable bonds is 4. The summed E-state index contributed by atoms with van der Waals surface area (Å²) in [5.41, 5.74) is 4.58. The third-order valence-electron chi connectivity index (χ3n) is 2.95. The Labute approximate surface area is 102 Å². The summed E-state index contributed by atoms with van der Waals surface area (Å²) in [5.74, 6) is 0. The fourth-order valence-corrected chi connectivity index (χ4v) is 1.79. The van der Waals surface area contributed by atoms with E-state index in [1.165, 1.54) is 11.3 Å². The summed E-state index contributed by atoms with van der Waals surface area (Å²) in [6, 6.07) is 2.03. The number of nitrogens with zero attached hydrogens (tertiary/aromatic N) is 3. The van der Waals surface area contributed by atoms with Crippen molar-refractivity contribution in [3.63, 3.8) is 0 Å². The third kappa shape index (κ3) is 2.36. The minimum atomic E-state index is 0.830. The molecular weight excluding hydrogens is 212 g/mol. The molecule has 2 aromatic rings. The number of pyridine rings is 1. The van der Waals surface area contributed by atoms with E-state index in [-0.39, 0.29) is 0 Å². The van der Waals surface area contributed by atoms with E-state index in [1.807, 2.05) is 31.7 Å². The molecule has 4 heteroatoms. The predicted molar refractivity (Wildman–Crippen MR) is 68.2 cm³/mol. The summed E-state index contributed by atoms with van der Waals surface area (Å²) in [6.45, 7) is 7.99. The van der Waals surface area contributed by atoms with Gasteiger partial charge in [0.05, 0.1) is 17.7 Å². The zero-order chi connectivity index (χ0) is 12.3. The molecule has 0 saturated heterocycles. The van der Waals surface area contributed by atoms with Gasteiger partial charge in [0.25, 0.3) is 0 Å². The second kappa shape index (κ2) is 5.10. The van der Waals surface area contributed by atoms with Gasteiger partial charge in [-0.25, -0.2) is 4.98 Å². The molecule has 0 saturated carbocycles. The van der Waals surface area contributed by atoms with Gasteiger partial charge in [0.1, 0.15) is 0 Å². The molecule has 0 spiro atoms. The number of aromatic nitrogens is 3. The van der Waals surface area contributed by atoms with Crippen molar-refractivity contribution in [3.8, 4) is 5.69 Å². The van der Waals surface area contributed by atoms with Gasteiger partial charge in [-0.3, -0.25) is 4.98 Å². The first-order chi connectivity index (χ1) is 8.24. The molecule has 0 unspecified atom stereocenters. The van der Waals surface area contributed by atoms with E-state index in [0.717, 1.165) is 24.5 Å². The van der Waals surface area contributed by atoms with Crippen LogP contribution in [0.25, 0.3) is 5.69 Å². The van der Waals surface area contributed by atoms with Crippen LogP contribution in [0.3, 0.4) is 0 Å². The van der Waals surface area contributed by atoms with Crippen LogP contribution in [-0.2, 0) is 6.54 Å². The second-order valence-electron chi connectivity index (χ2n) is 4.07. The van der Waals surface area contributed by atoms with Gasteiger partial charge in [-0.2, -0.15) is 0 Å². The smallest absolute Gasteiger partial charge is 0.0997 e. The van der Waals surface area contributed by atoms with Gasteiger partial charge in [-0.05, 0) is 26.5 Å². The lowest BCUT2D eigenvalue weighted by atomic mass is 10.2. The quantitative estimate of drug-likeness (QED) is 0.873. The molecule has 4 nitrogen and oxygen atoms in total. The second-order valence-corrected chi connectivity index (χ2v) is 4.07. The average Bonchev–Trinajstić information content (AvgIpc) is 2.68. The van der Waals surface area contributed by atoms with Gasteiger partial charge in [0.2, 0.25) is 0 Å². The first-order valence-corrected chi connectivity index (χ1v) is 5.88. The van der Waals surface area contributed by atoms with E-state index in [9.17, 15) is 0 Å².